The minimum absolute atomic E-state index is 0.0166. The molecule has 1 N–H and O–H groups in total. The van der Waals surface area contributed by atoms with Gasteiger partial charge in [0, 0.05) is 37.8 Å². The topological polar surface area (TPSA) is 71.1 Å². The van der Waals surface area contributed by atoms with Gasteiger partial charge in [0.2, 0.25) is 5.91 Å². The zero-order chi connectivity index (χ0) is 20.8. The number of carbonyl (C=O) groups is 2. The third kappa shape index (κ3) is 5.16. The summed E-state index contributed by atoms with van der Waals surface area (Å²) in [7, 11) is 3.13. The Bertz CT molecular complexity index is 873. The molecule has 0 atom stereocenters. The molecule has 0 bridgehead atoms. The van der Waals surface area contributed by atoms with Gasteiger partial charge in [0.15, 0.2) is 0 Å². The van der Waals surface area contributed by atoms with E-state index in [1.165, 1.54) is 17.0 Å². The number of nitrogens with zero attached hydrogens (tertiary/aromatic N) is 2. The van der Waals surface area contributed by atoms with Crippen LogP contribution < -0.4 is 14.8 Å². The minimum Gasteiger partial charge on any atom is -0.497 e. The van der Waals surface area contributed by atoms with Crippen LogP contribution in [-0.2, 0) is 17.9 Å². The van der Waals surface area contributed by atoms with E-state index in [4.69, 9.17) is 9.47 Å². The van der Waals surface area contributed by atoms with Crippen LogP contribution in [0.25, 0.3) is 0 Å². The van der Waals surface area contributed by atoms with E-state index in [1.807, 2.05) is 6.07 Å². The summed E-state index contributed by atoms with van der Waals surface area (Å²) in [6.07, 6.45) is 0. The molecule has 2 aromatic carbocycles. The van der Waals surface area contributed by atoms with E-state index in [1.54, 1.807) is 43.4 Å². The molecule has 29 heavy (non-hydrogen) atoms. The molecule has 0 spiro atoms. The average Bonchev–Trinajstić information content (AvgIpc) is 3.07. The molecule has 154 valence electrons. The Balaban J connectivity index is 1.51. The number of nitrogens with one attached hydrogen (secondary N) is 1. The summed E-state index contributed by atoms with van der Waals surface area (Å²) in [6, 6.07) is 11.2. The van der Waals surface area contributed by atoms with Gasteiger partial charge in [-0.05, 0) is 29.8 Å². The number of benzene rings is 2. The second-order valence-electron chi connectivity index (χ2n) is 6.71. The van der Waals surface area contributed by atoms with Crippen LogP contribution in [0, 0.1) is 5.82 Å². The number of halogens is 1. The predicted octanol–water partition coefficient (Wildman–Crippen LogP) is 2.40. The fourth-order valence-electron chi connectivity index (χ4n) is 3.16. The van der Waals surface area contributed by atoms with Gasteiger partial charge in [-0.2, -0.15) is 0 Å². The lowest BCUT2D eigenvalue weighted by Crippen LogP contribution is -2.39. The Morgan fingerprint density at radius 2 is 1.79 bits per heavy atom. The van der Waals surface area contributed by atoms with E-state index in [-0.39, 0.29) is 30.8 Å². The quantitative estimate of drug-likeness (QED) is 0.737. The molecule has 1 fully saturated rings. The number of hydrogen-bond acceptors (Lipinski definition) is 4. The number of carbonyl (C=O) groups excluding carboxylic acids is 2. The number of hydrogen-bond donors (Lipinski definition) is 1. The molecule has 0 aliphatic carbocycles. The Labute approximate surface area is 169 Å². The van der Waals surface area contributed by atoms with Crippen molar-refractivity contribution < 1.29 is 23.5 Å². The second kappa shape index (κ2) is 9.27. The summed E-state index contributed by atoms with van der Waals surface area (Å²) in [5.41, 5.74) is 1.66. The van der Waals surface area contributed by atoms with Gasteiger partial charge < -0.3 is 24.6 Å². The van der Waals surface area contributed by atoms with Crippen molar-refractivity contribution in [2.75, 3.05) is 33.9 Å². The van der Waals surface area contributed by atoms with Gasteiger partial charge in [-0.1, -0.05) is 12.1 Å². The van der Waals surface area contributed by atoms with Gasteiger partial charge in [0.05, 0.1) is 14.2 Å². The van der Waals surface area contributed by atoms with Crippen LogP contribution in [0.1, 0.15) is 11.1 Å². The highest BCUT2D eigenvalue weighted by Crippen LogP contribution is 2.24. The molecule has 1 saturated heterocycles. The zero-order valence-electron chi connectivity index (χ0n) is 16.5. The first kappa shape index (κ1) is 20.4. The fourth-order valence-corrected chi connectivity index (χ4v) is 3.16. The maximum absolute atomic E-state index is 13.0. The van der Waals surface area contributed by atoms with Crippen LogP contribution in [0.2, 0.25) is 0 Å². The van der Waals surface area contributed by atoms with Crippen LogP contribution in [0.4, 0.5) is 9.18 Å². The summed E-state index contributed by atoms with van der Waals surface area (Å²) in [5.74, 6) is 0.723. The molecule has 1 heterocycles. The number of urea groups is 1. The molecule has 1 aliphatic rings. The van der Waals surface area contributed by atoms with Crippen molar-refractivity contribution in [3.8, 4) is 11.5 Å². The van der Waals surface area contributed by atoms with Gasteiger partial charge in [-0.15, -0.1) is 0 Å². The van der Waals surface area contributed by atoms with Crippen LogP contribution in [0.3, 0.4) is 0 Å². The first-order valence-electron chi connectivity index (χ1n) is 9.26. The number of ether oxygens (including phenoxy) is 2. The molecular weight excluding hydrogens is 377 g/mol. The molecule has 1 aliphatic heterocycles. The molecule has 8 heteroatoms. The van der Waals surface area contributed by atoms with Gasteiger partial charge in [-0.3, -0.25) is 4.79 Å². The molecule has 0 saturated carbocycles. The third-order valence-corrected chi connectivity index (χ3v) is 4.77. The van der Waals surface area contributed by atoms with Gasteiger partial charge >= 0.3 is 6.03 Å². The molecule has 0 radical (unpaired) electrons. The van der Waals surface area contributed by atoms with Crippen molar-refractivity contribution >= 4 is 11.9 Å². The predicted molar refractivity (Wildman–Crippen MR) is 105 cm³/mol. The highest BCUT2D eigenvalue weighted by atomic mass is 19.1. The van der Waals surface area contributed by atoms with Crippen LogP contribution in [0.5, 0.6) is 11.5 Å². The van der Waals surface area contributed by atoms with Crippen molar-refractivity contribution in [3.63, 3.8) is 0 Å². The normalized spacial score (nSPS) is 13.6. The van der Waals surface area contributed by atoms with E-state index in [2.05, 4.69) is 5.32 Å². The molecule has 0 unspecified atom stereocenters. The van der Waals surface area contributed by atoms with Crippen molar-refractivity contribution in [1.29, 1.82) is 0 Å². The Kier molecular flexibility index (Phi) is 6.54. The van der Waals surface area contributed by atoms with Crippen LogP contribution in [0.15, 0.2) is 42.5 Å². The molecular formula is C21H24FN3O4. The highest BCUT2D eigenvalue weighted by molar-refractivity contribution is 5.85. The van der Waals surface area contributed by atoms with Crippen molar-refractivity contribution in [3.05, 3.63) is 59.4 Å². The Hall–Kier alpha value is -3.29. The lowest BCUT2D eigenvalue weighted by atomic mass is 10.2. The zero-order valence-corrected chi connectivity index (χ0v) is 16.5. The Morgan fingerprint density at radius 3 is 2.48 bits per heavy atom. The number of rotatable bonds is 8. The van der Waals surface area contributed by atoms with Crippen LogP contribution in [-0.4, -0.2) is 55.6 Å². The second-order valence-corrected chi connectivity index (χ2v) is 6.71. The van der Waals surface area contributed by atoms with Gasteiger partial charge in [-0.25, -0.2) is 9.18 Å². The highest BCUT2D eigenvalue weighted by Gasteiger charge is 2.29. The van der Waals surface area contributed by atoms with E-state index in [9.17, 15) is 14.0 Å². The summed E-state index contributed by atoms with van der Waals surface area (Å²) >= 11 is 0. The summed E-state index contributed by atoms with van der Waals surface area (Å²) in [4.78, 5) is 28.0. The lowest BCUT2D eigenvalue weighted by Gasteiger charge is -2.18. The minimum atomic E-state index is -0.312. The summed E-state index contributed by atoms with van der Waals surface area (Å²) in [6.45, 7) is 1.65. The largest absolute Gasteiger partial charge is 0.497 e. The van der Waals surface area contributed by atoms with E-state index in [0.717, 1.165) is 11.1 Å². The first-order chi connectivity index (χ1) is 14.0. The monoisotopic (exact) mass is 401 g/mol. The molecule has 3 amide bonds. The maximum atomic E-state index is 13.0. The average molecular weight is 401 g/mol. The van der Waals surface area contributed by atoms with Gasteiger partial charge in [0.1, 0.15) is 23.9 Å². The SMILES string of the molecule is COc1ccc(CNC(=O)CN2CCN(Cc3ccc(F)cc3)C2=O)c(OC)c1. The maximum Gasteiger partial charge on any atom is 0.320 e. The molecule has 7 nitrogen and oxygen atoms in total. The summed E-state index contributed by atoms with van der Waals surface area (Å²) < 4.78 is 23.5. The molecule has 0 aromatic heterocycles. The first-order valence-corrected chi connectivity index (χ1v) is 9.26. The van der Waals surface area contributed by atoms with Crippen molar-refractivity contribution in [2.45, 2.75) is 13.1 Å². The smallest absolute Gasteiger partial charge is 0.320 e. The van der Waals surface area contributed by atoms with Crippen LogP contribution >= 0.6 is 0 Å². The lowest BCUT2D eigenvalue weighted by molar-refractivity contribution is -0.121. The Morgan fingerprint density at radius 1 is 1.07 bits per heavy atom. The van der Waals surface area contributed by atoms with E-state index >= 15 is 0 Å². The van der Waals surface area contributed by atoms with Crippen molar-refractivity contribution in [1.82, 2.24) is 15.1 Å². The van der Waals surface area contributed by atoms with Crippen molar-refractivity contribution in [2.24, 2.45) is 0 Å². The number of amides is 3. The summed E-state index contributed by atoms with van der Waals surface area (Å²) in [5, 5.41) is 2.82. The number of methoxy groups -OCH3 is 2. The van der Waals surface area contributed by atoms with E-state index in [0.29, 0.717) is 31.1 Å². The standard InChI is InChI=1S/C21H24FN3O4/c1-28-18-8-5-16(19(11-18)29-2)12-23-20(26)14-25-10-9-24(21(25)27)13-15-3-6-17(22)7-4-15/h3-8,11H,9-10,12-14H2,1-2H3,(H,23,26). The molecule has 3 rings (SSSR count). The fraction of sp³-hybridized carbons (Fsp3) is 0.333. The molecule has 2 aromatic rings. The van der Waals surface area contributed by atoms with Gasteiger partial charge in [0.25, 0.3) is 0 Å². The van der Waals surface area contributed by atoms with E-state index < -0.39 is 0 Å². The third-order valence-electron chi connectivity index (χ3n) is 4.77.